The maximum Gasteiger partial charge on any atom is 0.408 e. The minimum atomic E-state index is -1.06. The molecule has 1 amide bonds. The summed E-state index contributed by atoms with van der Waals surface area (Å²) in [6.45, 7) is 10.9. The summed E-state index contributed by atoms with van der Waals surface area (Å²) in [7, 11) is 0. The van der Waals surface area contributed by atoms with Crippen LogP contribution in [0.2, 0.25) is 0 Å². The van der Waals surface area contributed by atoms with E-state index in [-0.39, 0.29) is 12.0 Å². The number of hydrogen-bond acceptors (Lipinski definition) is 3. The highest BCUT2D eigenvalue weighted by atomic mass is 16.6. The Morgan fingerprint density at radius 2 is 1.65 bits per heavy atom. The van der Waals surface area contributed by atoms with E-state index in [2.05, 4.69) is 5.32 Å². The molecule has 0 aliphatic rings. The van der Waals surface area contributed by atoms with Crippen molar-refractivity contribution in [1.29, 1.82) is 0 Å². The van der Waals surface area contributed by atoms with Crippen molar-refractivity contribution in [3.63, 3.8) is 0 Å². The zero-order valence-corrected chi connectivity index (χ0v) is 11.4. The van der Waals surface area contributed by atoms with Gasteiger partial charge in [-0.25, -0.2) is 9.59 Å². The summed E-state index contributed by atoms with van der Waals surface area (Å²) in [6.07, 6.45) is -0.932. The van der Waals surface area contributed by atoms with Crippen LogP contribution in [0.3, 0.4) is 0 Å². The summed E-state index contributed by atoms with van der Waals surface area (Å²) in [4.78, 5) is 22.6. The van der Waals surface area contributed by atoms with Crippen molar-refractivity contribution in [2.45, 2.75) is 53.7 Å². The molecule has 2 atom stereocenters. The third-order valence-corrected chi connectivity index (χ3v) is 2.61. The number of hydrogen-bond donors (Lipinski definition) is 2. The van der Waals surface area contributed by atoms with Crippen molar-refractivity contribution >= 4 is 12.1 Å². The zero-order chi connectivity index (χ0) is 13.8. The van der Waals surface area contributed by atoms with Crippen LogP contribution in [0.4, 0.5) is 4.79 Å². The molecule has 0 aromatic heterocycles. The molecule has 0 unspecified atom stereocenters. The lowest BCUT2D eigenvalue weighted by Crippen LogP contribution is -2.49. The Morgan fingerprint density at radius 1 is 1.18 bits per heavy atom. The van der Waals surface area contributed by atoms with E-state index in [1.165, 1.54) is 0 Å². The van der Waals surface area contributed by atoms with Crippen molar-refractivity contribution in [1.82, 2.24) is 5.32 Å². The number of carbonyl (C=O) groups excluding carboxylic acids is 1. The number of aliphatic carboxylic acids is 1. The van der Waals surface area contributed by atoms with E-state index in [0.29, 0.717) is 0 Å². The minimum absolute atomic E-state index is 0.193. The molecular formula is C12H23NO4. The Morgan fingerprint density at radius 3 is 1.94 bits per heavy atom. The second kappa shape index (κ2) is 5.89. The van der Waals surface area contributed by atoms with E-state index < -0.39 is 23.5 Å². The average Bonchev–Trinajstić information content (AvgIpc) is 2.11. The fourth-order valence-corrected chi connectivity index (χ4v) is 1.11. The third kappa shape index (κ3) is 5.56. The van der Waals surface area contributed by atoms with Crippen LogP contribution in [0, 0.1) is 11.3 Å². The van der Waals surface area contributed by atoms with Gasteiger partial charge in [0.2, 0.25) is 0 Å². The topological polar surface area (TPSA) is 75.6 Å². The number of carboxylic acid groups (broad SMARTS) is 1. The van der Waals surface area contributed by atoms with E-state index in [4.69, 9.17) is 9.84 Å². The fraction of sp³-hybridized carbons (Fsp3) is 0.833. The molecule has 0 spiro atoms. The monoisotopic (exact) mass is 245 g/mol. The second-order valence-electron chi connectivity index (χ2n) is 5.64. The summed E-state index contributed by atoms with van der Waals surface area (Å²) < 4.78 is 5.07. The first-order valence-electron chi connectivity index (χ1n) is 5.75. The highest BCUT2D eigenvalue weighted by Gasteiger charge is 2.33. The highest BCUT2D eigenvalue weighted by Crippen LogP contribution is 2.19. The van der Waals surface area contributed by atoms with Crippen LogP contribution in [0.25, 0.3) is 0 Å². The number of amides is 1. The molecule has 17 heavy (non-hydrogen) atoms. The molecule has 0 heterocycles. The number of rotatable bonds is 4. The van der Waals surface area contributed by atoms with Crippen LogP contribution < -0.4 is 5.32 Å². The Labute approximate surface area is 103 Å². The van der Waals surface area contributed by atoms with E-state index in [1.807, 2.05) is 13.8 Å². The van der Waals surface area contributed by atoms with E-state index in [1.54, 1.807) is 27.7 Å². The van der Waals surface area contributed by atoms with Crippen LogP contribution in [0.15, 0.2) is 0 Å². The third-order valence-electron chi connectivity index (χ3n) is 2.61. The molecule has 0 rings (SSSR count). The molecule has 0 bridgehead atoms. The van der Waals surface area contributed by atoms with Gasteiger partial charge in [0.15, 0.2) is 0 Å². The van der Waals surface area contributed by atoms with Gasteiger partial charge in [-0.1, -0.05) is 34.6 Å². The highest BCUT2D eigenvalue weighted by molar-refractivity contribution is 5.80. The van der Waals surface area contributed by atoms with Gasteiger partial charge >= 0.3 is 12.1 Å². The van der Waals surface area contributed by atoms with E-state index >= 15 is 0 Å². The molecule has 0 fully saturated rings. The molecule has 0 radical (unpaired) electrons. The fourth-order valence-electron chi connectivity index (χ4n) is 1.11. The summed E-state index contributed by atoms with van der Waals surface area (Å²) in [5, 5.41) is 11.4. The maximum absolute atomic E-state index is 11.5. The van der Waals surface area contributed by atoms with Crippen LogP contribution >= 0.6 is 0 Å². The molecule has 0 aromatic rings. The van der Waals surface area contributed by atoms with Gasteiger partial charge in [-0.05, 0) is 18.3 Å². The largest absolute Gasteiger partial charge is 0.480 e. The lowest BCUT2D eigenvalue weighted by molar-refractivity contribution is -0.142. The Hall–Kier alpha value is -1.26. The summed E-state index contributed by atoms with van der Waals surface area (Å²) in [5.74, 6) is -0.870. The average molecular weight is 245 g/mol. The van der Waals surface area contributed by atoms with Crippen LogP contribution in [0.5, 0.6) is 0 Å². The predicted molar refractivity (Wildman–Crippen MR) is 64.8 cm³/mol. The van der Waals surface area contributed by atoms with E-state index in [0.717, 1.165) is 0 Å². The number of carboxylic acids is 1. The van der Waals surface area contributed by atoms with Crippen molar-refractivity contribution in [2.24, 2.45) is 11.3 Å². The van der Waals surface area contributed by atoms with Gasteiger partial charge in [-0.15, -0.1) is 0 Å². The number of carbonyl (C=O) groups is 2. The molecule has 0 aromatic carbocycles. The normalized spacial score (nSPS) is 15.2. The van der Waals surface area contributed by atoms with Gasteiger partial charge in [0.25, 0.3) is 0 Å². The molecule has 0 saturated carbocycles. The number of ether oxygens (including phenoxy) is 1. The first kappa shape index (κ1) is 15.7. The maximum atomic E-state index is 11.5. The van der Waals surface area contributed by atoms with Gasteiger partial charge in [0.1, 0.15) is 12.1 Å². The summed E-state index contributed by atoms with van der Waals surface area (Å²) in [5.41, 5.74) is -0.564. The van der Waals surface area contributed by atoms with Crippen LogP contribution in [-0.4, -0.2) is 29.3 Å². The van der Waals surface area contributed by atoms with Crippen molar-refractivity contribution in [3.8, 4) is 0 Å². The lowest BCUT2D eigenvalue weighted by atomic mass is 9.87. The van der Waals surface area contributed by atoms with Crippen LogP contribution in [0.1, 0.15) is 41.5 Å². The number of nitrogens with one attached hydrogen (secondary N) is 1. The zero-order valence-electron chi connectivity index (χ0n) is 11.4. The lowest BCUT2D eigenvalue weighted by Gasteiger charge is -2.28. The first-order chi connectivity index (χ1) is 7.55. The Balaban J connectivity index is 4.49. The standard InChI is InChI=1S/C12H23NO4/c1-7(2)8(3)17-11(16)13-9(10(14)15)12(4,5)6/h7-9H,1-6H3,(H,13,16)(H,14,15)/t8-,9-/m1/s1. The van der Waals surface area contributed by atoms with Gasteiger partial charge < -0.3 is 15.2 Å². The van der Waals surface area contributed by atoms with Crippen molar-refractivity contribution in [2.75, 3.05) is 0 Å². The molecule has 0 aliphatic heterocycles. The quantitative estimate of drug-likeness (QED) is 0.796. The SMILES string of the molecule is CC(C)[C@@H](C)OC(=O)N[C@H](C(=O)O)C(C)(C)C. The molecular weight excluding hydrogens is 222 g/mol. The van der Waals surface area contributed by atoms with Crippen molar-refractivity contribution in [3.05, 3.63) is 0 Å². The Kier molecular flexibility index (Phi) is 5.45. The molecule has 5 heteroatoms. The predicted octanol–water partition coefficient (Wildman–Crippen LogP) is 2.26. The number of alkyl carbamates (subject to hydrolysis) is 1. The summed E-state index contributed by atoms with van der Waals surface area (Å²) in [6, 6.07) is -0.964. The smallest absolute Gasteiger partial charge is 0.408 e. The molecule has 100 valence electrons. The molecule has 2 N–H and O–H groups in total. The van der Waals surface area contributed by atoms with Gasteiger partial charge in [0, 0.05) is 0 Å². The second-order valence-corrected chi connectivity index (χ2v) is 5.64. The summed E-state index contributed by atoms with van der Waals surface area (Å²) >= 11 is 0. The van der Waals surface area contributed by atoms with Gasteiger partial charge in [-0.2, -0.15) is 0 Å². The van der Waals surface area contributed by atoms with Crippen LogP contribution in [-0.2, 0) is 9.53 Å². The molecule has 5 nitrogen and oxygen atoms in total. The van der Waals surface area contributed by atoms with E-state index in [9.17, 15) is 9.59 Å². The Bertz CT molecular complexity index is 281. The van der Waals surface area contributed by atoms with Gasteiger partial charge in [-0.3, -0.25) is 0 Å². The minimum Gasteiger partial charge on any atom is -0.480 e. The first-order valence-corrected chi connectivity index (χ1v) is 5.75. The molecule has 0 aliphatic carbocycles. The van der Waals surface area contributed by atoms with Crippen molar-refractivity contribution < 1.29 is 19.4 Å². The molecule has 0 saturated heterocycles. The van der Waals surface area contributed by atoms with Gasteiger partial charge in [0.05, 0.1) is 0 Å².